The van der Waals surface area contributed by atoms with Crippen LogP contribution in [-0.4, -0.2) is 15.7 Å². The van der Waals surface area contributed by atoms with Gasteiger partial charge in [0.1, 0.15) is 0 Å². The van der Waals surface area contributed by atoms with Crippen LogP contribution in [0.3, 0.4) is 0 Å². The van der Waals surface area contributed by atoms with Gasteiger partial charge in [0.15, 0.2) is 17.3 Å². The summed E-state index contributed by atoms with van der Waals surface area (Å²) in [7, 11) is 1.24. The molecule has 0 saturated heterocycles. The third-order valence-electron chi connectivity index (χ3n) is 4.11. The molecule has 1 N–H and O–H groups in total. The maximum absolute atomic E-state index is 14.5. The van der Waals surface area contributed by atoms with Gasteiger partial charge in [0, 0.05) is 29.9 Å². The Kier molecular flexibility index (Phi) is 4.93. The molecule has 1 amide bonds. The molecule has 1 heterocycles. The lowest BCUT2D eigenvalue weighted by atomic mass is 10.0. The Morgan fingerprint density at radius 2 is 1.71 bits per heavy atom. The summed E-state index contributed by atoms with van der Waals surface area (Å²) in [6, 6.07) is 8.50. The Bertz CT molecular complexity index is 1060. The zero-order valence-corrected chi connectivity index (χ0v) is 14.7. The van der Waals surface area contributed by atoms with E-state index in [1.54, 1.807) is 25.1 Å². The average molecular weight is 395 g/mol. The maximum atomic E-state index is 14.5. The van der Waals surface area contributed by atoms with Crippen LogP contribution in [0.15, 0.2) is 42.6 Å². The molecule has 9 heteroatoms. The number of amides is 1. The van der Waals surface area contributed by atoms with Crippen molar-refractivity contribution in [1.29, 1.82) is 0 Å². The number of hydrogen-bond donors (Lipinski definition) is 1. The molecule has 0 saturated carbocycles. The second-order valence-corrected chi connectivity index (χ2v) is 6.12. The van der Waals surface area contributed by atoms with Crippen LogP contribution in [0.2, 0.25) is 0 Å². The molecular weight excluding hydrogens is 381 g/mol. The van der Waals surface area contributed by atoms with Crippen molar-refractivity contribution in [3.63, 3.8) is 0 Å². The minimum Gasteiger partial charge on any atom is -0.319 e. The Hall–Kier alpha value is -3.23. The van der Waals surface area contributed by atoms with E-state index in [4.69, 9.17) is 0 Å². The first kappa shape index (κ1) is 19.5. The van der Waals surface area contributed by atoms with Crippen LogP contribution < -0.4 is 5.32 Å². The van der Waals surface area contributed by atoms with Gasteiger partial charge in [-0.1, -0.05) is 18.2 Å². The van der Waals surface area contributed by atoms with Gasteiger partial charge in [-0.15, -0.1) is 0 Å². The Morgan fingerprint density at radius 1 is 1.04 bits per heavy atom. The molecule has 146 valence electrons. The number of aryl methyl sites for hydroxylation is 2. The van der Waals surface area contributed by atoms with Gasteiger partial charge < -0.3 is 5.32 Å². The van der Waals surface area contributed by atoms with Crippen LogP contribution in [-0.2, 0) is 13.2 Å². The summed E-state index contributed by atoms with van der Waals surface area (Å²) in [5, 5.41) is 5.52. The number of carbonyl (C=O) groups is 1. The number of rotatable bonds is 3. The highest BCUT2D eigenvalue weighted by Gasteiger charge is 2.38. The molecule has 0 aliphatic heterocycles. The fourth-order valence-corrected chi connectivity index (χ4v) is 2.77. The molecule has 0 spiro atoms. The second-order valence-electron chi connectivity index (χ2n) is 6.12. The molecule has 0 aliphatic rings. The van der Waals surface area contributed by atoms with Crippen molar-refractivity contribution >= 4 is 11.6 Å². The molecule has 2 aromatic carbocycles. The van der Waals surface area contributed by atoms with E-state index < -0.39 is 46.2 Å². The normalized spacial score (nSPS) is 11.5. The number of alkyl halides is 3. The van der Waals surface area contributed by atoms with Crippen LogP contribution >= 0.6 is 0 Å². The highest BCUT2D eigenvalue weighted by atomic mass is 19.4. The lowest BCUT2D eigenvalue weighted by Gasteiger charge is -2.12. The van der Waals surface area contributed by atoms with E-state index >= 15 is 0 Å². The smallest absolute Gasteiger partial charge is 0.319 e. The molecule has 0 unspecified atom stereocenters. The summed E-state index contributed by atoms with van der Waals surface area (Å²) >= 11 is 0. The predicted octanol–water partition coefficient (Wildman–Crippen LogP) is 4.94. The molecule has 0 atom stereocenters. The van der Waals surface area contributed by atoms with Gasteiger partial charge in [-0.25, -0.2) is 8.78 Å². The van der Waals surface area contributed by atoms with Crippen LogP contribution in [0.1, 0.15) is 21.6 Å². The molecule has 0 aliphatic carbocycles. The standard InChI is InChI=1S/C19H14F5N3O/c1-10-5-3-4-6-11(10)18(28)25-14-8-7-12(15(20)16(14)21)13-9-27(2)26-17(13)19(22,23)24/h3-9H,1-2H3,(H,25,28). The van der Waals surface area contributed by atoms with Gasteiger partial charge in [-0.3, -0.25) is 9.48 Å². The highest BCUT2D eigenvalue weighted by molar-refractivity contribution is 6.05. The Labute approximate surface area is 156 Å². The predicted molar refractivity (Wildman–Crippen MR) is 92.7 cm³/mol. The van der Waals surface area contributed by atoms with Gasteiger partial charge in [-0.2, -0.15) is 18.3 Å². The molecule has 1 aromatic heterocycles. The van der Waals surface area contributed by atoms with E-state index in [9.17, 15) is 26.7 Å². The Balaban J connectivity index is 1.99. The second kappa shape index (κ2) is 7.06. The van der Waals surface area contributed by atoms with E-state index in [-0.39, 0.29) is 5.56 Å². The summed E-state index contributed by atoms with van der Waals surface area (Å²) in [5.41, 5.74) is -2.12. The quantitative estimate of drug-likeness (QED) is 0.639. The summed E-state index contributed by atoms with van der Waals surface area (Å²) in [6.07, 6.45) is -3.89. The van der Waals surface area contributed by atoms with Crippen molar-refractivity contribution in [2.24, 2.45) is 7.05 Å². The topological polar surface area (TPSA) is 46.9 Å². The summed E-state index contributed by atoms with van der Waals surface area (Å²) in [6.45, 7) is 1.68. The number of aromatic nitrogens is 2. The number of hydrogen-bond acceptors (Lipinski definition) is 2. The molecule has 0 radical (unpaired) electrons. The van der Waals surface area contributed by atoms with Crippen LogP contribution in [0.5, 0.6) is 0 Å². The van der Waals surface area contributed by atoms with Gasteiger partial charge in [0.05, 0.1) is 5.69 Å². The van der Waals surface area contributed by atoms with Crippen molar-refractivity contribution in [1.82, 2.24) is 9.78 Å². The van der Waals surface area contributed by atoms with Crippen molar-refractivity contribution in [3.8, 4) is 11.1 Å². The molecule has 3 aromatic rings. The first-order valence-electron chi connectivity index (χ1n) is 8.05. The minimum absolute atomic E-state index is 0.262. The van der Waals surface area contributed by atoms with E-state index in [1.165, 1.54) is 13.1 Å². The fraction of sp³-hybridized carbons (Fsp3) is 0.158. The fourth-order valence-electron chi connectivity index (χ4n) is 2.77. The third kappa shape index (κ3) is 3.60. The highest BCUT2D eigenvalue weighted by Crippen LogP contribution is 2.38. The summed E-state index contributed by atoms with van der Waals surface area (Å²) in [5.74, 6) is -3.64. The molecular formula is C19H14F5N3O. The third-order valence-corrected chi connectivity index (χ3v) is 4.11. The lowest BCUT2D eigenvalue weighted by molar-refractivity contribution is -0.141. The molecule has 28 heavy (non-hydrogen) atoms. The van der Waals surface area contributed by atoms with Crippen LogP contribution in [0.25, 0.3) is 11.1 Å². The van der Waals surface area contributed by atoms with Crippen molar-refractivity contribution in [2.75, 3.05) is 5.32 Å². The number of benzene rings is 2. The van der Waals surface area contributed by atoms with Crippen molar-refractivity contribution < 1.29 is 26.7 Å². The number of nitrogens with zero attached hydrogens (tertiary/aromatic N) is 2. The Morgan fingerprint density at radius 3 is 2.36 bits per heavy atom. The van der Waals surface area contributed by atoms with E-state index in [0.717, 1.165) is 23.0 Å². The van der Waals surface area contributed by atoms with Gasteiger partial charge in [0.25, 0.3) is 5.91 Å². The maximum Gasteiger partial charge on any atom is 0.435 e. The van der Waals surface area contributed by atoms with E-state index in [0.29, 0.717) is 5.56 Å². The SMILES string of the molecule is Cc1ccccc1C(=O)Nc1ccc(-c2cn(C)nc2C(F)(F)F)c(F)c1F. The molecule has 0 bridgehead atoms. The van der Waals surface area contributed by atoms with Crippen molar-refractivity contribution in [2.45, 2.75) is 13.1 Å². The minimum atomic E-state index is -4.84. The molecule has 4 nitrogen and oxygen atoms in total. The summed E-state index contributed by atoms with van der Waals surface area (Å²) in [4.78, 5) is 12.3. The number of nitrogens with one attached hydrogen (secondary N) is 1. The number of halogens is 5. The molecule has 0 fully saturated rings. The molecule has 3 rings (SSSR count). The van der Waals surface area contributed by atoms with E-state index in [2.05, 4.69) is 10.4 Å². The largest absolute Gasteiger partial charge is 0.435 e. The van der Waals surface area contributed by atoms with E-state index in [1.807, 2.05) is 0 Å². The van der Waals surface area contributed by atoms with Gasteiger partial charge >= 0.3 is 6.18 Å². The zero-order valence-electron chi connectivity index (χ0n) is 14.7. The first-order chi connectivity index (χ1) is 13.1. The zero-order chi connectivity index (χ0) is 20.6. The van der Waals surface area contributed by atoms with Crippen LogP contribution in [0.4, 0.5) is 27.6 Å². The van der Waals surface area contributed by atoms with Gasteiger partial charge in [-0.05, 0) is 30.7 Å². The summed E-state index contributed by atoms with van der Waals surface area (Å²) < 4.78 is 69.2. The monoisotopic (exact) mass is 395 g/mol. The lowest BCUT2D eigenvalue weighted by Crippen LogP contribution is -2.15. The number of carbonyl (C=O) groups excluding carboxylic acids is 1. The van der Waals surface area contributed by atoms with Gasteiger partial charge in [0.2, 0.25) is 0 Å². The average Bonchev–Trinajstić information content (AvgIpc) is 3.01. The van der Waals surface area contributed by atoms with Crippen LogP contribution in [0, 0.1) is 18.6 Å². The van der Waals surface area contributed by atoms with Crippen molar-refractivity contribution in [3.05, 3.63) is 71.1 Å². The number of anilines is 1. The first-order valence-corrected chi connectivity index (χ1v) is 8.05.